The molecule has 7 heteroatoms. The highest BCUT2D eigenvalue weighted by Gasteiger charge is 2.17. The molecule has 0 saturated heterocycles. The first-order valence-corrected chi connectivity index (χ1v) is 10.1. The van der Waals surface area contributed by atoms with Crippen molar-refractivity contribution in [3.8, 4) is 5.75 Å². The van der Waals surface area contributed by atoms with Crippen LogP contribution < -0.4 is 14.4 Å². The van der Waals surface area contributed by atoms with Crippen LogP contribution in [0.3, 0.4) is 0 Å². The average Bonchev–Trinajstić information content (AvgIpc) is 2.61. The van der Waals surface area contributed by atoms with Gasteiger partial charge in [-0.15, -0.1) is 0 Å². The van der Waals surface area contributed by atoms with Gasteiger partial charge in [0.25, 0.3) is 5.91 Å². The summed E-state index contributed by atoms with van der Waals surface area (Å²) in [5.41, 5.74) is 1.87. The molecule has 0 aliphatic heterocycles. The first kappa shape index (κ1) is 19.8. The van der Waals surface area contributed by atoms with Crippen LogP contribution in [-0.4, -0.2) is 34.2 Å². The van der Waals surface area contributed by atoms with Crippen molar-refractivity contribution in [2.75, 3.05) is 24.2 Å². The van der Waals surface area contributed by atoms with Crippen LogP contribution in [0.2, 0.25) is 0 Å². The van der Waals surface area contributed by atoms with E-state index in [1.807, 2.05) is 31.2 Å². The van der Waals surface area contributed by atoms with E-state index in [4.69, 9.17) is 4.74 Å². The molecule has 1 N–H and O–H groups in total. The van der Waals surface area contributed by atoms with Crippen molar-refractivity contribution in [1.82, 2.24) is 5.32 Å². The third kappa shape index (κ3) is 4.54. The third-order valence-corrected chi connectivity index (χ3v) is 5.33. The third-order valence-electron chi connectivity index (χ3n) is 4.06. The number of benzene rings is 2. The molecule has 0 heterocycles. The number of nitrogens with one attached hydrogen (secondary N) is 1. The molecule has 0 aromatic heterocycles. The lowest BCUT2D eigenvalue weighted by molar-refractivity contribution is 0.0939. The Balaban J connectivity index is 2.15. The topological polar surface area (TPSA) is 75.7 Å². The van der Waals surface area contributed by atoms with Gasteiger partial charge in [0.1, 0.15) is 5.75 Å². The molecule has 6 nitrogen and oxygen atoms in total. The Labute approximate surface area is 154 Å². The van der Waals surface area contributed by atoms with Crippen LogP contribution in [0.25, 0.3) is 0 Å². The van der Waals surface area contributed by atoms with Gasteiger partial charge in [-0.05, 0) is 44.2 Å². The maximum absolute atomic E-state index is 12.5. The van der Waals surface area contributed by atoms with Crippen LogP contribution in [0.15, 0.2) is 48.5 Å². The standard InChI is InChI=1S/C19H24N2O4S/c1-5-21(26(4,23)24)16-12-10-15(11-13-16)19(22)20-14(2)17-8-6-7-9-18(17)25-3/h6-14H,5H2,1-4H3,(H,20,22)/t14-/m1/s1. The molecule has 140 valence electrons. The summed E-state index contributed by atoms with van der Waals surface area (Å²) in [5.74, 6) is 0.472. The fourth-order valence-electron chi connectivity index (χ4n) is 2.77. The minimum atomic E-state index is -3.34. The Morgan fingerprint density at radius 2 is 1.77 bits per heavy atom. The van der Waals surface area contributed by atoms with E-state index in [9.17, 15) is 13.2 Å². The number of anilines is 1. The maximum Gasteiger partial charge on any atom is 0.251 e. The number of methoxy groups -OCH3 is 1. The molecule has 0 aliphatic rings. The van der Waals surface area contributed by atoms with Gasteiger partial charge >= 0.3 is 0 Å². The number of para-hydroxylation sites is 1. The summed E-state index contributed by atoms with van der Waals surface area (Å²) >= 11 is 0. The smallest absolute Gasteiger partial charge is 0.251 e. The number of ether oxygens (including phenoxy) is 1. The van der Waals surface area contributed by atoms with E-state index in [0.29, 0.717) is 23.5 Å². The Kier molecular flexibility index (Phi) is 6.26. The first-order chi connectivity index (χ1) is 12.3. The maximum atomic E-state index is 12.5. The lowest BCUT2D eigenvalue weighted by Crippen LogP contribution is -2.30. The highest BCUT2D eigenvalue weighted by Crippen LogP contribution is 2.25. The summed E-state index contributed by atoms with van der Waals surface area (Å²) in [6.07, 6.45) is 1.16. The second kappa shape index (κ2) is 8.23. The Morgan fingerprint density at radius 1 is 1.15 bits per heavy atom. The number of hydrogen-bond donors (Lipinski definition) is 1. The van der Waals surface area contributed by atoms with Crippen LogP contribution in [-0.2, 0) is 10.0 Å². The molecule has 26 heavy (non-hydrogen) atoms. The van der Waals surface area contributed by atoms with Crippen LogP contribution in [0.4, 0.5) is 5.69 Å². The lowest BCUT2D eigenvalue weighted by Gasteiger charge is -2.21. The summed E-state index contributed by atoms with van der Waals surface area (Å²) in [4.78, 5) is 12.5. The fraction of sp³-hybridized carbons (Fsp3) is 0.316. The quantitative estimate of drug-likeness (QED) is 0.806. The molecular formula is C19H24N2O4S. The van der Waals surface area contributed by atoms with Crippen molar-refractivity contribution in [2.24, 2.45) is 0 Å². The van der Waals surface area contributed by atoms with Crippen molar-refractivity contribution in [1.29, 1.82) is 0 Å². The zero-order valence-corrected chi connectivity index (χ0v) is 16.2. The molecule has 0 unspecified atom stereocenters. The molecule has 0 radical (unpaired) electrons. The Hall–Kier alpha value is -2.54. The molecule has 0 spiro atoms. The van der Waals surface area contributed by atoms with E-state index < -0.39 is 10.0 Å². The zero-order valence-electron chi connectivity index (χ0n) is 15.4. The van der Waals surface area contributed by atoms with E-state index in [0.717, 1.165) is 11.8 Å². The summed E-state index contributed by atoms with van der Waals surface area (Å²) in [5, 5.41) is 2.93. The van der Waals surface area contributed by atoms with Gasteiger partial charge in [0, 0.05) is 17.7 Å². The van der Waals surface area contributed by atoms with Gasteiger partial charge in [-0.1, -0.05) is 18.2 Å². The number of amides is 1. The number of nitrogens with zero attached hydrogens (tertiary/aromatic N) is 1. The van der Waals surface area contributed by atoms with Gasteiger partial charge in [0.15, 0.2) is 0 Å². The molecule has 1 atom stereocenters. The van der Waals surface area contributed by atoms with Crippen molar-refractivity contribution < 1.29 is 17.9 Å². The fourth-order valence-corrected chi connectivity index (χ4v) is 3.74. The van der Waals surface area contributed by atoms with Gasteiger partial charge in [-0.3, -0.25) is 9.10 Å². The van der Waals surface area contributed by atoms with E-state index in [1.165, 1.54) is 4.31 Å². The van der Waals surface area contributed by atoms with Gasteiger partial charge in [-0.25, -0.2) is 8.42 Å². The van der Waals surface area contributed by atoms with E-state index in [2.05, 4.69) is 5.32 Å². The summed E-state index contributed by atoms with van der Waals surface area (Å²) in [7, 11) is -1.75. The average molecular weight is 376 g/mol. The molecule has 0 bridgehead atoms. The second-order valence-corrected chi connectivity index (χ2v) is 7.82. The molecule has 2 aromatic rings. The highest BCUT2D eigenvalue weighted by molar-refractivity contribution is 7.92. The van der Waals surface area contributed by atoms with Crippen molar-refractivity contribution in [3.05, 3.63) is 59.7 Å². The molecule has 0 aliphatic carbocycles. The monoisotopic (exact) mass is 376 g/mol. The minimum absolute atomic E-state index is 0.235. The zero-order chi connectivity index (χ0) is 19.3. The van der Waals surface area contributed by atoms with Crippen molar-refractivity contribution in [2.45, 2.75) is 19.9 Å². The molecular weight excluding hydrogens is 352 g/mol. The van der Waals surface area contributed by atoms with E-state index in [1.54, 1.807) is 38.3 Å². The molecule has 2 aromatic carbocycles. The predicted octanol–water partition coefficient (Wildman–Crippen LogP) is 2.97. The van der Waals surface area contributed by atoms with Gasteiger partial charge in [0.05, 0.1) is 25.1 Å². The Morgan fingerprint density at radius 3 is 2.31 bits per heavy atom. The molecule has 0 saturated carbocycles. The van der Waals surface area contributed by atoms with Gasteiger partial charge in [0.2, 0.25) is 10.0 Å². The number of carbonyl (C=O) groups excluding carboxylic acids is 1. The molecule has 2 rings (SSSR count). The van der Waals surface area contributed by atoms with Gasteiger partial charge < -0.3 is 10.1 Å². The normalized spacial score (nSPS) is 12.3. The number of rotatable bonds is 7. The van der Waals surface area contributed by atoms with Crippen molar-refractivity contribution in [3.63, 3.8) is 0 Å². The predicted molar refractivity (Wildman–Crippen MR) is 103 cm³/mol. The van der Waals surface area contributed by atoms with Crippen LogP contribution >= 0.6 is 0 Å². The minimum Gasteiger partial charge on any atom is -0.496 e. The number of sulfonamides is 1. The summed E-state index contributed by atoms with van der Waals surface area (Å²) < 4.78 is 30.2. The van der Waals surface area contributed by atoms with Crippen LogP contribution in [0, 0.1) is 0 Å². The Bertz CT molecular complexity index is 863. The highest BCUT2D eigenvalue weighted by atomic mass is 32.2. The van der Waals surface area contributed by atoms with Crippen molar-refractivity contribution >= 4 is 21.6 Å². The number of carbonyl (C=O) groups is 1. The molecule has 1 amide bonds. The van der Waals surface area contributed by atoms with Gasteiger partial charge in [-0.2, -0.15) is 0 Å². The number of hydrogen-bond acceptors (Lipinski definition) is 4. The largest absolute Gasteiger partial charge is 0.496 e. The van der Waals surface area contributed by atoms with E-state index in [-0.39, 0.29) is 11.9 Å². The lowest BCUT2D eigenvalue weighted by atomic mass is 10.1. The first-order valence-electron chi connectivity index (χ1n) is 8.29. The summed E-state index contributed by atoms with van der Waals surface area (Å²) in [6.45, 7) is 3.97. The summed E-state index contributed by atoms with van der Waals surface area (Å²) in [6, 6.07) is 13.8. The van der Waals surface area contributed by atoms with Crippen LogP contribution in [0.5, 0.6) is 5.75 Å². The van der Waals surface area contributed by atoms with E-state index >= 15 is 0 Å². The SMILES string of the molecule is CCN(c1ccc(C(=O)N[C@H](C)c2ccccc2OC)cc1)S(C)(=O)=O. The second-order valence-electron chi connectivity index (χ2n) is 5.91. The molecule has 0 fully saturated rings. The van der Waals surface area contributed by atoms with Crippen LogP contribution in [0.1, 0.15) is 35.8 Å².